The zero-order valence-corrected chi connectivity index (χ0v) is 13.2. The van der Waals surface area contributed by atoms with Crippen molar-refractivity contribution in [2.24, 2.45) is 28.3 Å². The molecule has 0 aliphatic rings. The topological polar surface area (TPSA) is 64.4 Å². The maximum atomic E-state index is 5.90. The lowest BCUT2D eigenvalue weighted by Crippen LogP contribution is -2.10. The Morgan fingerprint density at radius 3 is 2.05 bits per heavy atom. The lowest BCUT2D eigenvalue weighted by atomic mass is 9.89. The molecule has 1 atom stereocenters. The molecule has 0 amide bonds. The molecule has 0 radical (unpaired) electrons. The highest BCUT2D eigenvalue weighted by molar-refractivity contribution is 5.78. The molecule has 0 fully saturated rings. The number of nitrogens with zero attached hydrogens (tertiary/aromatic N) is 1. The zero-order valence-electron chi connectivity index (χ0n) is 13.2. The Bertz CT molecular complexity index is 408. The lowest BCUT2D eigenvalue weighted by Gasteiger charge is -2.18. The van der Waals surface area contributed by atoms with E-state index >= 15 is 0 Å². The Hall–Kier alpha value is -1.51. The Morgan fingerprint density at radius 2 is 1.74 bits per heavy atom. The molecule has 0 aromatic carbocycles. The molecule has 0 saturated heterocycles. The molecule has 0 bridgehead atoms. The van der Waals surface area contributed by atoms with Crippen molar-refractivity contribution >= 4 is 5.84 Å². The van der Waals surface area contributed by atoms with E-state index in [4.69, 9.17) is 11.5 Å². The predicted molar refractivity (Wildman–Crippen MR) is 85.7 cm³/mol. The van der Waals surface area contributed by atoms with Gasteiger partial charge in [0.25, 0.3) is 0 Å². The third kappa shape index (κ3) is 5.77. The van der Waals surface area contributed by atoms with Crippen molar-refractivity contribution in [3.05, 3.63) is 35.2 Å². The molecule has 0 heterocycles. The Kier molecular flexibility index (Phi) is 7.20. The van der Waals surface area contributed by atoms with E-state index in [2.05, 4.69) is 45.3 Å². The third-order valence-electron chi connectivity index (χ3n) is 3.21. The van der Waals surface area contributed by atoms with Crippen LogP contribution in [0.25, 0.3) is 0 Å². The quantitative estimate of drug-likeness (QED) is 0.435. The molecule has 0 rings (SSSR count). The van der Waals surface area contributed by atoms with Crippen LogP contribution >= 0.6 is 0 Å². The van der Waals surface area contributed by atoms with Crippen molar-refractivity contribution in [2.45, 2.75) is 48.0 Å². The van der Waals surface area contributed by atoms with Gasteiger partial charge >= 0.3 is 0 Å². The van der Waals surface area contributed by atoms with E-state index in [9.17, 15) is 0 Å². The molecule has 108 valence electrons. The molecule has 1 unspecified atom stereocenters. The Balaban J connectivity index is 5.61. The lowest BCUT2D eigenvalue weighted by molar-refractivity contribution is 0.451. The summed E-state index contributed by atoms with van der Waals surface area (Å²) in [5, 5.41) is 0. The van der Waals surface area contributed by atoms with Crippen LogP contribution in [0.4, 0.5) is 0 Å². The van der Waals surface area contributed by atoms with Crippen LogP contribution in [0.3, 0.4) is 0 Å². The van der Waals surface area contributed by atoms with Gasteiger partial charge in [-0.3, -0.25) is 0 Å². The number of hydrogen-bond donors (Lipinski definition) is 2. The highest BCUT2D eigenvalue weighted by Crippen LogP contribution is 2.25. The highest BCUT2D eigenvalue weighted by Gasteiger charge is 2.12. The van der Waals surface area contributed by atoms with Crippen molar-refractivity contribution in [3.8, 4) is 0 Å². The highest BCUT2D eigenvalue weighted by atomic mass is 14.9. The van der Waals surface area contributed by atoms with Gasteiger partial charge in [-0.2, -0.15) is 0 Å². The van der Waals surface area contributed by atoms with E-state index in [-0.39, 0.29) is 0 Å². The van der Waals surface area contributed by atoms with Crippen LogP contribution in [0.2, 0.25) is 0 Å². The van der Waals surface area contributed by atoms with Gasteiger partial charge in [0, 0.05) is 17.0 Å². The molecule has 0 aromatic heterocycles. The molecule has 0 aromatic rings. The minimum absolute atomic E-state index is 0.528. The molecule has 0 spiro atoms. The summed E-state index contributed by atoms with van der Waals surface area (Å²) in [5.74, 6) is 1.66. The van der Waals surface area contributed by atoms with Crippen LogP contribution in [0.5, 0.6) is 0 Å². The SMILES string of the molecule is C=C(N)C(/C(C)=C\C(CC)C(C)C)=C(C)\N=C(/C)N. The summed E-state index contributed by atoms with van der Waals surface area (Å²) in [4.78, 5) is 4.29. The predicted octanol–water partition coefficient (Wildman–Crippen LogP) is 3.74. The van der Waals surface area contributed by atoms with Gasteiger partial charge in [0.2, 0.25) is 0 Å². The number of hydrogen-bond acceptors (Lipinski definition) is 2. The molecule has 0 saturated carbocycles. The van der Waals surface area contributed by atoms with Gasteiger partial charge in [0.05, 0.1) is 5.84 Å². The summed E-state index contributed by atoms with van der Waals surface area (Å²) < 4.78 is 0. The van der Waals surface area contributed by atoms with Crippen LogP contribution in [0.1, 0.15) is 48.0 Å². The van der Waals surface area contributed by atoms with E-state index in [0.29, 0.717) is 23.4 Å². The summed E-state index contributed by atoms with van der Waals surface area (Å²) >= 11 is 0. The minimum atomic E-state index is 0.528. The van der Waals surface area contributed by atoms with Gasteiger partial charge in [0.1, 0.15) is 0 Å². The summed E-state index contributed by atoms with van der Waals surface area (Å²) in [5.41, 5.74) is 14.9. The van der Waals surface area contributed by atoms with Crippen molar-refractivity contribution in [1.29, 1.82) is 0 Å². The maximum absolute atomic E-state index is 5.90. The van der Waals surface area contributed by atoms with Crippen molar-refractivity contribution in [1.82, 2.24) is 0 Å². The van der Waals surface area contributed by atoms with Crippen molar-refractivity contribution in [3.63, 3.8) is 0 Å². The van der Waals surface area contributed by atoms with Crippen molar-refractivity contribution in [2.75, 3.05) is 0 Å². The van der Waals surface area contributed by atoms with Crippen LogP contribution < -0.4 is 11.5 Å². The molecule has 4 N–H and O–H groups in total. The smallest absolute Gasteiger partial charge is 0.0961 e. The summed E-state index contributed by atoms with van der Waals surface area (Å²) in [6.45, 7) is 16.2. The van der Waals surface area contributed by atoms with E-state index < -0.39 is 0 Å². The summed E-state index contributed by atoms with van der Waals surface area (Å²) in [6.07, 6.45) is 3.38. The first-order chi connectivity index (χ1) is 8.70. The van der Waals surface area contributed by atoms with Gasteiger partial charge in [-0.05, 0) is 44.6 Å². The van der Waals surface area contributed by atoms with Crippen molar-refractivity contribution < 1.29 is 0 Å². The first kappa shape index (κ1) is 17.5. The second-order valence-corrected chi connectivity index (χ2v) is 5.40. The largest absolute Gasteiger partial charge is 0.399 e. The van der Waals surface area contributed by atoms with Gasteiger partial charge in [0.15, 0.2) is 0 Å². The molecule has 19 heavy (non-hydrogen) atoms. The monoisotopic (exact) mass is 263 g/mol. The molecule has 3 nitrogen and oxygen atoms in total. The second kappa shape index (κ2) is 7.82. The first-order valence-corrected chi connectivity index (χ1v) is 6.85. The van der Waals surface area contributed by atoms with Gasteiger partial charge in [-0.25, -0.2) is 4.99 Å². The Morgan fingerprint density at radius 1 is 1.21 bits per heavy atom. The molecular weight excluding hydrogens is 234 g/mol. The zero-order chi connectivity index (χ0) is 15.2. The molecular formula is C16H29N3. The third-order valence-corrected chi connectivity index (χ3v) is 3.21. The average Bonchev–Trinajstić information content (AvgIpc) is 2.23. The fraction of sp³-hybridized carbons (Fsp3) is 0.562. The number of amidine groups is 1. The van der Waals surface area contributed by atoms with Gasteiger partial charge in [-0.15, -0.1) is 0 Å². The van der Waals surface area contributed by atoms with E-state index in [1.54, 1.807) is 6.92 Å². The number of rotatable bonds is 6. The first-order valence-electron chi connectivity index (χ1n) is 6.85. The van der Waals surface area contributed by atoms with Gasteiger partial charge < -0.3 is 11.5 Å². The summed E-state index contributed by atoms with van der Waals surface area (Å²) in [6, 6.07) is 0. The van der Waals surface area contributed by atoms with Gasteiger partial charge in [-0.1, -0.05) is 33.4 Å². The Labute approximate surface area is 118 Å². The standard InChI is InChI=1S/C16H29N3/c1-8-15(10(2)3)9-11(4)16(12(5)17)13(6)19-14(7)18/h9-10,15H,5,8,17H2,1-4,6-7H3,(H2,18,19)/b11-9-,16-13-. The van der Waals surface area contributed by atoms with Crippen LogP contribution in [0.15, 0.2) is 40.2 Å². The average molecular weight is 263 g/mol. The number of nitrogens with two attached hydrogens (primary N) is 2. The maximum Gasteiger partial charge on any atom is 0.0961 e. The van der Waals surface area contributed by atoms with E-state index in [0.717, 1.165) is 23.3 Å². The second-order valence-electron chi connectivity index (χ2n) is 5.40. The number of allylic oxidation sites excluding steroid dienone is 3. The molecule has 3 heteroatoms. The summed E-state index contributed by atoms with van der Waals surface area (Å²) in [7, 11) is 0. The fourth-order valence-corrected chi connectivity index (χ4v) is 2.28. The molecule has 0 aliphatic heterocycles. The normalized spacial score (nSPS) is 16.4. The van der Waals surface area contributed by atoms with E-state index in [1.807, 2.05) is 6.92 Å². The van der Waals surface area contributed by atoms with Crippen LogP contribution in [-0.4, -0.2) is 5.84 Å². The molecule has 0 aliphatic carbocycles. The fourth-order valence-electron chi connectivity index (χ4n) is 2.28. The van der Waals surface area contributed by atoms with E-state index in [1.165, 1.54) is 0 Å². The van der Waals surface area contributed by atoms with Crippen LogP contribution in [-0.2, 0) is 0 Å². The van der Waals surface area contributed by atoms with Crippen LogP contribution in [0, 0.1) is 11.8 Å². The number of aliphatic imine (C=N–C) groups is 1. The minimum Gasteiger partial charge on any atom is -0.399 e.